The highest BCUT2D eigenvalue weighted by Gasteiger charge is 2.19. The van der Waals surface area contributed by atoms with Crippen LogP contribution in [-0.2, 0) is 6.54 Å². The van der Waals surface area contributed by atoms with Crippen LogP contribution >= 0.6 is 11.6 Å². The maximum Gasteiger partial charge on any atom is 0.255 e. The summed E-state index contributed by atoms with van der Waals surface area (Å²) >= 11 is 5.87. The molecule has 0 aliphatic heterocycles. The van der Waals surface area contributed by atoms with Gasteiger partial charge in [0.25, 0.3) is 5.91 Å². The number of carbonyl (C=O) groups excluding carboxylic acids is 1. The second-order valence-electron chi connectivity index (χ2n) is 4.66. The van der Waals surface area contributed by atoms with E-state index in [9.17, 15) is 9.18 Å². The zero-order valence-corrected chi connectivity index (χ0v) is 12.4. The summed E-state index contributed by atoms with van der Waals surface area (Å²) in [6.07, 6.45) is 0. The molecule has 5 heteroatoms. The molecule has 21 heavy (non-hydrogen) atoms. The molecule has 0 atom stereocenters. The third-order valence-electron chi connectivity index (χ3n) is 3.20. The number of hydrogen-bond donors (Lipinski definition) is 1. The highest BCUT2D eigenvalue weighted by atomic mass is 35.5. The van der Waals surface area contributed by atoms with Gasteiger partial charge in [-0.1, -0.05) is 29.8 Å². The molecule has 110 valence electrons. The minimum Gasteiger partial charge on any atom is -0.399 e. The Hall–Kier alpha value is -2.07. The Morgan fingerprint density at radius 2 is 1.90 bits per heavy atom. The lowest BCUT2D eigenvalue weighted by atomic mass is 10.1. The summed E-state index contributed by atoms with van der Waals surface area (Å²) in [4.78, 5) is 14.1. The van der Waals surface area contributed by atoms with Crippen molar-refractivity contribution in [2.24, 2.45) is 0 Å². The standard InChI is InChI=1S/C16H16ClFN2O/c1-2-20(10-11-6-8-12(19)9-7-11)16(21)13-4-3-5-14(18)15(13)17/h3-9H,2,10,19H2,1H3. The molecule has 3 nitrogen and oxygen atoms in total. The number of anilines is 1. The van der Waals surface area contributed by atoms with Gasteiger partial charge in [0.05, 0.1) is 10.6 Å². The van der Waals surface area contributed by atoms with E-state index in [1.165, 1.54) is 18.2 Å². The van der Waals surface area contributed by atoms with Gasteiger partial charge in [0.15, 0.2) is 0 Å². The van der Waals surface area contributed by atoms with E-state index in [-0.39, 0.29) is 16.5 Å². The molecule has 0 fully saturated rings. The van der Waals surface area contributed by atoms with Crippen molar-refractivity contribution < 1.29 is 9.18 Å². The first-order chi connectivity index (χ1) is 10.0. The second kappa shape index (κ2) is 6.59. The van der Waals surface area contributed by atoms with Crippen LogP contribution in [0.3, 0.4) is 0 Å². The Morgan fingerprint density at radius 1 is 1.24 bits per heavy atom. The Kier molecular flexibility index (Phi) is 4.81. The second-order valence-corrected chi connectivity index (χ2v) is 5.04. The zero-order chi connectivity index (χ0) is 15.4. The average Bonchev–Trinajstić information content (AvgIpc) is 2.49. The molecule has 0 saturated carbocycles. The lowest BCUT2D eigenvalue weighted by Crippen LogP contribution is -2.30. The molecule has 2 aromatic carbocycles. The van der Waals surface area contributed by atoms with E-state index in [1.54, 1.807) is 17.0 Å². The number of halogens is 2. The minimum absolute atomic E-state index is 0.141. The number of nitrogens with two attached hydrogens (primary N) is 1. The van der Waals surface area contributed by atoms with Gasteiger partial charge in [-0.3, -0.25) is 4.79 Å². The molecule has 2 rings (SSSR count). The summed E-state index contributed by atoms with van der Waals surface area (Å²) in [5, 5.41) is -0.141. The van der Waals surface area contributed by atoms with Crippen molar-refractivity contribution in [2.75, 3.05) is 12.3 Å². The normalized spacial score (nSPS) is 10.4. The number of nitrogen functional groups attached to an aromatic ring is 1. The monoisotopic (exact) mass is 306 g/mol. The van der Waals surface area contributed by atoms with E-state index < -0.39 is 5.82 Å². The summed E-state index contributed by atoms with van der Waals surface area (Å²) in [6.45, 7) is 2.78. The zero-order valence-electron chi connectivity index (χ0n) is 11.6. The van der Waals surface area contributed by atoms with Gasteiger partial charge >= 0.3 is 0 Å². The SMILES string of the molecule is CCN(Cc1ccc(N)cc1)C(=O)c1cccc(F)c1Cl. The van der Waals surface area contributed by atoms with Crippen molar-refractivity contribution >= 4 is 23.2 Å². The van der Waals surface area contributed by atoms with Crippen LogP contribution in [0.2, 0.25) is 5.02 Å². The van der Waals surface area contributed by atoms with Crippen LogP contribution in [0.4, 0.5) is 10.1 Å². The molecule has 2 N–H and O–H groups in total. The maximum atomic E-state index is 13.5. The topological polar surface area (TPSA) is 46.3 Å². The van der Waals surface area contributed by atoms with Crippen LogP contribution in [-0.4, -0.2) is 17.4 Å². The molecule has 2 aromatic rings. The smallest absolute Gasteiger partial charge is 0.255 e. The highest BCUT2D eigenvalue weighted by molar-refractivity contribution is 6.34. The number of amides is 1. The molecule has 0 aromatic heterocycles. The van der Waals surface area contributed by atoms with Crippen LogP contribution in [0.1, 0.15) is 22.8 Å². The molecule has 0 aliphatic carbocycles. The Morgan fingerprint density at radius 3 is 2.52 bits per heavy atom. The first-order valence-electron chi connectivity index (χ1n) is 6.60. The van der Waals surface area contributed by atoms with Crippen LogP contribution in [0.5, 0.6) is 0 Å². The van der Waals surface area contributed by atoms with Gasteiger partial charge in [0.1, 0.15) is 5.82 Å². The summed E-state index contributed by atoms with van der Waals surface area (Å²) in [5.41, 5.74) is 7.43. The fourth-order valence-corrected chi connectivity index (χ4v) is 2.22. The number of carbonyl (C=O) groups is 1. The molecule has 0 saturated heterocycles. The van der Waals surface area contributed by atoms with Crippen molar-refractivity contribution in [3.63, 3.8) is 0 Å². The van der Waals surface area contributed by atoms with E-state index in [2.05, 4.69) is 0 Å². The molecular weight excluding hydrogens is 291 g/mol. The van der Waals surface area contributed by atoms with Crippen LogP contribution in [0.15, 0.2) is 42.5 Å². The van der Waals surface area contributed by atoms with Crippen LogP contribution in [0, 0.1) is 5.82 Å². The number of nitrogens with zero attached hydrogens (tertiary/aromatic N) is 1. The Labute approximate surface area is 128 Å². The Balaban J connectivity index is 2.22. The molecule has 1 amide bonds. The van der Waals surface area contributed by atoms with E-state index >= 15 is 0 Å². The van der Waals surface area contributed by atoms with Gasteiger partial charge < -0.3 is 10.6 Å². The largest absolute Gasteiger partial charge is 0.399 e. The minimum atomic E-state index is -0.592. The summed E-state index contributed by atoms with van der Waals surface area (Å²) in [6, 6.07) is 11.5. The molecular formula is C16H16ClFN2O. The fourth-order valence-electron chi connectivity index (χ4n) is 2.01. The quantitative estimate of drug-likeness (QED) is 0.875. The van der Waals surface area contributed by atoms with Crippen molar-refractivity contribution in [2.45, 2.75) is 13.5 Å². The lowest BCUT2D eigenvalue weighted by molar-refractivity contribution is 0.0752. The van der Waals surface area contributed by atoms with Gasteiger partial charge in [0.2, 0.25) is 0 Å². The van der Waals surface area contributed by atoms with E-state index in [0.717, 1.165) is 5.56 Å². The summed E-state index contributed by atoms with van der Waals surface area (Å²) in [5.74, 6) is -0.884. The predicted molar refractivity (Wildman–Crippen MR) is 82.7 cm³/mol. The molecule has 0 spiro atoms. The van der Waals surface area contributed by atoms with E-state index in [1.807, 2.05) is 19.1 Å². The van der Waals surface area contributed by atoms with Crippen molar-refractivity contribution in [3.8, 4) is 0 Å². The van der Waals surface area contributed by atoms with Crippen LogP contribution < -0.4 is 5.73 Å². The molecule has 0 bridgehead atoms. The summed E-state index contributed by atoms with van der Waals surface area (Å²) < 4.78 is 13.5. The fraction of sp³-hybridized carbons (Fsp3) is 0.188. The van der Waals surface area contributed by atoms with Crippen molar-refractivity contribution in [1.29, 1.82) is 0 Å². The van der Waals surface area contributed by atoms with Gasteiger partial charge in [-0.25, -0.2) is 4.39 Å². The molecule has 0 radical (unpaired) electrons. The maximum absolute atomic E-state index is 13.5. The third-order valence-corrected chi connectivity index (χ3v) is 3.59. The van der Waals surface area contributed by atoms with Gasteiger partial charge in [-0.05, 0) is 36.8 Å². The van der Waals surface area contributed by atoms with Crippen molar-refractivity contribution in [1.82, 2.24) is 4.90 Å². The first-order valence-corrected chi connectivity index (χ1v) is 6.98. The number of hydrogen-bond acceptors (Lipinski definition) is 2. The third kappa shape index (κ3) is 3.52. The molecule has 0 aliphatic rings. The van der Waals surface area contributed by atoms with Gasteiger partial charge in [-0.2, -0.15) is 0 Å². The first kappa shape index (κ1) is 15.3. The average molecular weight is 307 g/mol. The van der Waals surface area contributed by atoms with Gasteiger partial charge in [-0.15, -0.1) is 0 Å². The van der Waals surface area contributed by atoms with Crippen molar-refractivity contribution in [3.05, 3.63) is 64.4 Å². The summed E-state index contributed by atoms with van der Waals surface area (Å²) in [7, 11) is 0. The molecule has 0 heterocycles. The van der Waals surface area contributed by atoms with E-state index in [0.29, 0.717) is 18.8 Å². The van der Waals surface area contributed by atoms with E-state index in [4.69, 9.17) is 17.3 Å². The number of benzene rings is 2. The van der Waals surface area contributed by atoms with Gasteiger partial charge in [0, 0.05) is 18.8 Å². The molecule has 0 unspecified atom stereocenters. The predicted octanol–water partition coefficient (Wildman–Crippen LogP) is 3.72. The highest BCUT2D eigenvalue weighted by Crippen LogP contribution is 2.22. The Bertz CT molecular complexity index is 643. The van der Waals surface area contributed by atoms with Crippen LogP contribution in [0.25, 0.3) is 0 Å². The number of rotatable bonds is 4. The lowest BCUT2D eigenvalue weighted by Gasteiger charge is -2.21.